The molecule has 34 heavy (non-hydrogen) atoms. The molecule has 3 nitrogen and oxygen atoms in total. The molecule has 0 bridgehead atoms. The Labute approximate surface area is 210 Å². The SMILES string of the molecule is COC(=O)CSP(=NP(=S)(c1ccccc1)c1ccccc1)(c1ccccc1)c1ccccc1. The third-order valence-corrected chi connectivity index (χ3v) is 17.4. The van der Waals surface area contributed by atoms with E-state index in [1.165, 1.54) is 7.11 Å². The van der Waals surface area contributed by atoms with Gasteiger partial charge in [-0.25, -0.2) is 4.52 Å². The molecule has 4 aromatic rings. The van der Waals surface area contributed by atoms with Crippen molar-refractivity contribution in [1.82, 2.24) is 0 Å². The van der Waals surface area contributed by atoms with Crippen molar-refractivity contribution in [2.75, 3.05) is 12.9 Å². The summed E-state index contributed by atoms with van der Waals surface area (Å²) in [7, 11) is 1.42. The lowest BCUT2D eigenvalue weighted by Crippen LogP contribution is -2.19. The second-order valence-electron chi connectivity index (χ2n) is 7.43. The highest BCUT2D eigenvalue weighted by Crippen LogP contribution is 2.67. The van der Waals surface area contributed by atoms with Crippen LogP contribution in [0.1, 0.15) is 0 Å². The number of rotatable bonds is 8. The molecule has 0 unspecified atom stereocenters. The summed E-state index contributed by atoms with van der Waals surface area (Å²) in [6.45, 7) is 0. The van der Waals surface area contributed by atoms with Crippen molar-refractivity contribution < 1.29 is 9.53 Å². The Morgan fingerprint density at radius 1 is 0.706 bits per heavy atom. The normalized spacial score (nSPS) is 11.6. The number of carbonyl (C=O) groups excluding carboxylic acids is 1. The minimum Gasteiger partial charge on any atom is -0.468 e. The van der Waals surface area contributed by atoms with Gasteiger partial charge in [0.15, 0.2) is 0 Å². The van der Waals surface area contributed by atoms with Crippen molar-refractivity contribution in [3.63, 3.8) is 0 Å². The zero-order valence-corrected chi connectivity index (χ0v) is 22.2. The van der Waals surface area contributed by atoms with Gasteiger partial charge in [-0.05, 0) is 0 Å². The predicted molar refractivity (Wildman–Crippen MR) is 152 cm³/mol. The minimum absolute atomic E-state index is 0.191. The third-order valence-electron chi connectivity index (χ3n) is 5.27. The summed E-state index contributed by atoms with van der Waals surface area (Å²) in [4.78, 5) is 12.3. The highest BCUT2D eigenvalue weighted by Gasteiger charge is 2.32. The first kappa shape index (κ1) is 24.7. The smallest absolute Gasteiger partial charge is 0.316 e. The van der Waals surface area contributed by atoms with E-state index in [0.717, 1.165) is 21.2 Å². The molecule has 0 radical (unpaired) electrons. The molecule has 0 aliphatic rings. The molecule has 4 rings (SSSR count). The molecular weight excluding hydrogens is 496 g/mol. The number of benzene rings is 4. The lowest BCUT2D eigenvalue weighted by atomic mass is 10.4. The molecule has 0 aliphatic carbocycles. The Hall–Kier alpha value is -2.42. The lowest BCUT2D eigenvalue weighted by Gasteiger charge is -2.30. The van der Waals surface area contributed by atoms with Gasteiger partial charge in [0.1, 0.15) is 6.19 Å². The van der Waals surface area contributed by atoms with Crippen LogP contribution in [-0.4, -0.2) is 18.8 Å². The lowest BCUT2D eigenvalue weighted by molar-refractivity contribution is -0.137. The topological polar surface area (TPSA) is 38.7 Å². The molecule has 0 saturated heterocycles. The average Bonchev–Trinajstić information content (AvgIpc) is 2.92. The number of methoxy groups -OCH3 is 1. The van der Waals surface area contributed by atoms with E-state index in [2.05, 4.69) is 48.5 Å². The Bertz CT molecular complexity index is 1250. The molecule has 0 N–H and O–H groups in total. The second-order valence-corrected chi connectivity index (χ2v) is 17.0. The highest BCUT2D eigenvalue weighted by molar-refractivity contribution is 8.64. The van der Waals surface area contributed by atoms with E-state index in [4.69, 9.17) is 21.1 Å². The van der Waals surface area contributed by atoms with Gasteiger partial charge in [0, 0.05) is 21.2 Å². The molecule has 7 heteroatoms. The quantitative estimate of drug-likeness (QED) is 0.220. The summed E-state index contributed by atoms with van der Waals surface area (Å²) in [5.41, 5.74) is 0. The van der Waals surface area contributed by atoms with Crippen LogP contribution in [0.3, 0.4) is 0 Å². The van der Waals surface area contributed by atoms with E-state index in [0.29, 0.717) is 0 Å². The van der Waals surface area contributed by atoms with E-state index in [1.54, 1.807) is 11.4 Å². The summed E-state index contributed by atoms with van der Waals surface area (Å²) < 4.78 is 10.7. The van der Waals surface area contributed by atoms with Crippen molar-refractivity contribution in [3.8, 4) is 0 Å². The van der Waals surface area contributed by atoms with Gasteiger partial charge in [0.2, 0.25) is 0 Å². The average molecular weight is 522 g/mol. The highest BCUT2D eigenvalue weighted by atomic mass is 32.7. The minimum atomic E-state index is -2.61. The van der Waals surface area contributed by atoms with Crippen molar-refractivity contribution in [1.29, 1.82) is 0 Å². The van der Waals surface area contributed by atoms with Crippen molar-refractivity contribution in [2.24, 2.45) is 4.52 Å². The number of hydrogen-bond donors (Lipinski definition) is 0. The zero-order valence-electron chi connectivity index (χ0n) is 18.7. The zero-order chi connectivity index (χ0) is 23.9. The van der Waals surface area contributed by atoms with Gasteiger partial charge < -0.3 is 4.74 Å². The number of nitrogens with zero attached hydrogens (tertiary/aromatic N) is 1. The van der Waals surface area contributed by atoms with Crippen LogP contribution in [0.2, 0.25) is 0 Å². The van der Waals surface area contributed by atoms with Gasteiger partial charge >= 0.3 is 5.97 Å². The van der Waals surface area contributed by atoms with Gasteiger partial charge in [-0.3, -0.25) is 4.79 Å². The standard InChI is InChI=1S/C27H25NO2P2S2/c1-30-27(29)22-34-32(25-18-10-4-11-19-25,26-20-12-5-13-21-26)28-31(33,23-14-6-2-7-15-23)24-16-8-3-9-17-24/h2-21H,22H2,1H3. The molecule has 172 valence electrons. The van der Waals surface area contributed by atoms with Crippen molar-refractivity contribution in [2.45, 2.75) is 0 Å². The Kier molecular flexibility index (Phi) is 8.24. The number of carbonyl (C=O) groups is 1. The summed E-state index contributed by atoms with van der Waals surface area (Å²) in [5, 5.41) is 4.23. The first-order valence-corrected chi connectivity index (χ1v) is 16.8. The van der Waals surface area contributed by atoms with Crippen molar-refractivity contribution in [3.05, 3.63) is 121 Å². The number of ether oxygens (including phenoxy) is 1. The second kappa shape index (κ2) is 11.3. The summed E-state index contributed by atoms with van der Waals surface area (Å²) in [6, 6.07) is 40.9. The van der Waals surface area contributed by atoms with Crippen LogP contribution in [0.15, 0.2) is 126 Å². The molecule has 0 saturated carbocycles. The molecule has 0 fully saturated rings. The van der Waals surface area contributed by atoms with Gasteiger partial charge in [-0.1, -0.05) is 145 Å². The third kappa shape index (κ3) is 5.29. The fraction of sp³-hybridized carbons (Fsp3) is 0.0741. The molecule has 4 aromatic carbocycles. The van der Waals surface area contributed by atoms with Gasteiger partial charge in [-0.15, -0.1) is 0 Å². The van der Waals surface area contributed by atoms with Gasteiger partial charge in [-0.2, -0.15) is 0 Å². The molecular formula is C27H25NO2P2S2. The maximum atomic E-state index is 12.3. The molecule has 0 atom stereocenters. The van der Waals surface area contributed by atoms with Crippen molar-refractivity contribution >= 4 is 62.8 Å². The Morgan fingerprint density at radius 2 is 1.06 bits per heavy atom. The molecule has 0 heterocycles. The Morgan fingerprint density at radius 3 is 1.41 bits per heavy atom. The van der Waals surface area contributed by atoms with Gasteiger partial charge in [0.25, 0.3) is 0 Å². The van der Waals surface area contributed by atoms with Crippen LogP contribution < -0.4 is 21.2 Å². The fourth-order valence-corrected chi connectivity index (χ4v) is 16.6. The summed E-state index contributed by atoms with van der Waals surface area (Å²) >= 11 is 8.09. The van der Waals surface area contributed by atoms with E-state index in [9.17, 15) is 4.79 Å². The number of hydrogen-bond acceptors (Lipinski definition) is 4. The van der Waals surface area contributed by atoms with Crippen LogP contribution in [0.5, 0.6) is 0 Å². The van der Waals surface area contributed by atoms with Crippen LogP contribution in [0.25, 0.3) is 0 Å². The Balaban J connectivity index is 2.09. The molecule has 0 aliphatic heterocycles. The first-order chi connectivity index (χ1) is 16.6. The summed E-state index contributed by atoms with van der Waals surface area (Å²) in [5.74, 6) is -0.0830. The van der Waals surface area contributed by atoms with E-state index < -0.39 is 12.4 Å². The summed E-state index contributed by atoms with van der Waals surface area (Å²) in [6.07, 6.45) is -5.14. The predicted octanol–water partition coefficient (Wildman–Crippen LogP) is 5.71. The maximum Gasteiger partial charge on any atom is 0.316 e. The van der Waals surface area contributed by atoms with Gasteiger partial charge in [0.05, 0.1) is 19.1 Å². The monoisotopic (exact) mass is 521 g/mol. The maximum absolute atomic E-state index is 12.3. The molecule has 0 aromatic heterocycles. The largest absolute Gasteiger partial charge is 0.468 e. The van der Waals surface area contributed by atoms with Crippen LogP contribution in [-0.2, 0) is 21.3 Å². The van der Waals surface area contributed by atoms with Crippen LogP contribution >= 0.6 is 23.8 Å². The first-order valence-electron chi connectivity index (χ1n) is 10.8. The van der Waals surface area contributed by atoms with Crippen LogP contribution in [0.4, 0.5) is 0 Å². The molecule has 0 amide bonds. The van der Waals surface area contributed by atoms with E-state index in [1.807, 2.05) is 72.8 Å². The van der Waals surface area contributed by atoms with Crippen LogP contribution in [0, 0.1) is 0 Å². The van der Waals surface area contributed by atoms with E-state index in [-0.39, 0.29) is 11.7 Å². The number of esters is 1. The van der Waals surface area contributed by atoms with E-state index >= 15 is 0 Å². The molecule has 0 spiro atoms. The fourth-order valence-electron chi connectivity index (χ4n) is 3.58.